The van der Waals surface area contributed by atoms with Crippen molar-refractivity contribution >= 4 is 23.3 Å². The molecule has 3 saturated heterocycles. The molecule has 31 heavy (non-hydrogen) atoms. The van der Waals surface area contributed by atoms with Crippen LogP contribution in [0.1, 0.15) is 50.0 Å². The van der Waals surface area contributed by atoms with Crippen LogP contribution >= 0.6 is 11.6 Å². The molecule has 2 aromatic rings. The smallest absolute Gasteiger partial charge is 0.321 e. The van der Waals surface area contributed by atoms with Gasteiger partial charge in [0.1, 0.15) is 11.9 Å². The molecule has 0 spiro atoms. The predicted octanol–water partition coefficient (Wildman–Crippen LogP) is 5.41. The summed E-state index contributed by atoms with van der Waals surface area (Å²) in [4.78, 5) is 14.6. The molecule has 3 fully saturated rings. The molecule has 2 aromatic carbocycles. The predicted molar refractivity (Wildman–Crippen MR) is 124 cm³/mol. The Kier molecular flexibility index (Phi) is 6.06. The number of nitrogens with one attached hydrogen (secondary N) is 2. The fourth-order valence-electron chi connectivity index (χ4n) is 5.26. The number of piperidine rings is 2. The average Bonchev–Trinajstić information content (AvgIpc) is 3.13. The van der Waals surface area contributed by atoms with Crippen molar-refractivity contribution in [1.29, 1.82) is 0 Å². The summed E-state index contributed by atoms with van der Waals surface area (Å²) in [7, 11) is 0. The van der Waals surface area contributed by atoms with E-state index in [1.807, 2.05) is 41.3 Å². The standard InChI is InChI=1S/C25H30ClN3O2/c26-19-3-1-17(2-4-19)18-11-13-29(14-12-18)25(30)28-20-7-9-23(10-8-20)31-24-15-21-5-6-22(16-24)27-21/h1-4,7-10,18,21-22,24,27H,5-6,11-16H2,(H,28,30)/t21-,22+,24?. The number of fused-ring (bicyclic) bond motifs is 2. The maximum absolute atomic E-state index is 12.7. The fourth-order valence-corrected chi connectivity index (χ4v) is 5.39. The van der Waals surface area contributed by atoms with E-state index >= 15 is 0 Å². The molecule has 3 heterocycles. The van der Waals surface area contributed by atoms with Gasteiger partial charge in [-0.3, -0.25) is 0 Å². The van der Waals surface area contributed by atoms with Crippen LogP contribution in [0.5, 0.6) is 5.75 Å². The first kappa shape index (κ1) is 20.7. The van der Waals surface area contributed by atoms with Gasteiger partial charge in [0, 0.05) is 35.9 Å². The van der Waals surface area contributed by atoms with E-state index in [0.717, 1.165) is 55.2 Å². The molecule has 1 unspecified atom stereocenters. The summed E-state index contributed by atoms with van der Waals surface area (Å²) in [5.74, 6) is 1.37. The van der Waals surface area contributed by atoms with Crippen molar-refractivity contribution in [2.45, 2.75) is 62.6 Å². The van der Waals surface area contributed by atoms with Crippen LogP contribution in [0.25, 0.3) is 0 Å². The zero-order valence-electron chi connectivity index (χ0n) is 17.7. The van der Waals surface area contributed by atoms with E-state index < -0.39 is 0 Å². The Bertz CT molecular complexity index is 882. The minimum atomic E-state index is -0.0295. The topological polar surface area (TPSA) is 53.6 Å². The number of carbonyl (C=O) groups excluding carboxylic acids is 1. The summed E-state index contributed by atoms with van der Waals surface area (Å²) in [5.41, 5.74) is 2.12. The summed E-state index contributed by atoms with van der Waals surface area (Å²) >= 11 is 5.99. The quantitative estimate of drug-likeness (QED) is 0.669. The van der Waals surface area contributed by atoms with Crippen molar-refractivity contribution in [2.75, 3.05) is 18.4 Å². The molecular weight excluding hydrogens is 410 g/mol. The molecule has 3 aliphatic heterocycles. The van der Waals surface area contributed by atoms with E-state index in [1.165, 1.54) is 18.4 Å². The maximum Gasteiger partial charge on any atom is 0.321 e. The number of ether oxygens (including phenoxy) is 1. The third-order valence-electron chi connectivity index (χ3n) is 6.96. The van der Waals surface area contributed by atoms with Crippen molar-refractivity contribution in [3.05, 3.63) is 59.1 Å². The molecule has 0 aromatic heterocycles. The zero-order valence-corrected chi connectivity index (χ0v) is 18.5. The number of rotatable bonds is 4. The highest BCUT2D eigenvalue weighted by Crippen LogP contribution is 2.31. The Labute approximate surface area is 189 Å². The van der Waals surface area contributed by atoms with E-state index in [9.17, 15) is 4.79 Å². The summed E-state index contributed by atoms with van der Waals surface area (Å²) < 4.78 is 6.20. The van der Waals surface area contributed by atoms with Crippen LogP contribution < -0.4 is 15.4 Å². The highest BCUT2D eigenvalue weighted by molar-refractivity contribution is 6.30. The first-order valence-electron chi connectivity index (χ1n) is 11.5. The van der Waals surface area contributed by atoms with Gasteiger partial charge in [-0.05, 0) is 86.4 Å². The number of likely N-dealkylation sites (tertiary alicyclic amines) is 1. The molecule has 0 radical (unpaired) electrons. The number of benzene rings is 2. The fraction of sp³-hybridized carbons (Fsp3) is 0.480. The van der Waals surface area contributed by atoms with Crippen LogP contribution in [0, 0.1) is 0 Å². The molecule has 0 aliphatic carbocycles. The van der Waals surface area contributed by atoms with Crippen LogP contribution in [0.3, 0.4) is 0 Å². The van der Waals surface area contributed by atoms with Gasteiger partial charge >= 0.3 is 6.03 Å². The van der Waals surface area contributed by atoms with Crippen molar-refractivity contribution < 1.29 is 9.53 Å². The van der Waals surface area contributed by atoms with Crippen LogP contribution in [0.15, 0.2) is 48.5 Å². The lowest BCUT2D eigenvalue weighted by Gasteiger charge is -2.32. The molecule has 0 saturated carbocycles. The van der Waals surface area contributed by atoms with Crippen molar-refractivity contribution in [2.24, 2.45) is 0 Å². The molecule has 2 bridgehead atoms. The molecule has 2 N–H and O–H groups in total. The molecule has 5 nitrogen and oxygen atoms in total. The van der Waals surface area contributed by atoms with E-state index in [4.69, 9.17) is 16.3 Å². The van der Waals surface area contributed by atoms with Crippen molar-refractivity contribution in [1.82, 2.24) is 10.2 Å². The Balaban J connectivity index is 1.10. The number of amides is 2. The van der Waals surface area contributed by atoms with Crippen LogP contribution in [-0.4, -0.2) is 42.2 Å². The normalized spacial score (nSPS) is 26.0. The van der Waals surface area contributed by atoms with Gasteiger partial charge in [0.25, 0.3) is 0 Å². The number of urea groups is 1. The number of anilines is 1. The summed E-state index contributed by atoms with van der Waals surface area (Å²) in [5, 5.41) is 7.44. The number of halogens is 1. The van der Waals surface area contributed by atoms with Gasteiger partial charge in [-0.25, -0.2) is 4.79 Å². The van der Waals surface area contributed by atoms with Gasteiger partial charge in [0.05, 0.1) is 0 Å². The third-order valence-corrected chi connectivity index (χ3v) is 7.21. The second kappa shape index (κ2) is 9.09. The van der Waals surface area contributed by atoms with Gasteiger partial charge in [-0.2, -0.15) is 0 Å². The Morgan fingerprint density at radius 1 is 0.935 bits per heavy atom. The van der Waals surface area contributed by atoms with Gasteiger partial charge in [-0.1, -0.05) is 23.7 Å². The summed E-state index contributed by atoms with van der Waals surface area (Å²) in [6.07, 6.45) is 6.95. The van der Waals surface area contributed by atoms with Crippen LogP contribution in [0.2, 0.25) is 5.02 Å². The molecular formula is C25H30ClN3O2. The first-order chi connectivity index (χ1) is 15.1. The lowest BCUT2D eigenvalue weighted by molar-refractivity contribution is 0.137. The SMILES string of the molecule is O=C(Nc1ccc(OC2C[C@H]3CC[C@@H](C2)N3)cc1)N1CCC(c2ccc(Cl)cc2)CC1. The second-order valence-electron chi connectivity index (χ2n) is 9.12. The third kappa shape index (κ3) is 4.99. The Hall–Kier alpha value is -2.24. The van der Waals surface area contributed by atoms with Gasteiger partial charge in [0.15, 0.2) is 0 Å². The number of nitrogens with zero attached hydrogens (tertiary/aromatic N) is 1. The molecule has 3 atom stereocenters. The van der Waals surface area contributed by atoms with Gasteiger partial charge < -0.3 is 20.3 Å². The van der Waals surface area contributed by atoms with E-state index in [1.54, 1.807) is 0 Å². The largest absolute Gasteiger partial charge is 0.490 e. The maximum atomic E-state index is 12.7. The van der Waals surface area contributed by atoms with Gasteiger partial charge in [0.2, 0.25) is 0 Å². The zero-order chi connectivity index (χ0) is 21.2. The average molecular weight is 440 g/mol. The minimum absolute atomic E-state index is 0.0295. The lowest BCUT2D eigenvalue weighted by atomic mass is 9.89. The second-order valence-corrected chi connectivity index (χ2v) is 9.55. The number of carbonyl (C=O) groups is 1. The Morgan fingerprint density at radius 3 is 2.23 bits per heavy atom. The minimum Gasteiger partial charge on any atom is -0.490 e. The van der Waals surface area contributed by atoms with Crippen LogP contribution in [-0.2, 0) is 0 Å². The highest BCUT2D eigenvalue weighted by Gasteiger charge is 2.34. The molecule has 3 aliphatic rings. The molecule has 164 valence electrons. The van der Waals surface area contributed by atoms with E-state index in [2.05, 4.69) is 22.8 Å². The van der Waals surface area contributed by atoms with Crippen molar-refractivity contribution in [3.8, 4) is 5.75 Å². The molecule has 6 heteroatoms. The van der Waals surface area contributed by atoms with E-state index in [-0.39, 0.29) is 6.03 Å². The lowest BCUT2D eigenvalue weighted by Crippen LogP contribution is -2.42. The van der Waals surface area contributed by atoms with Gasteiger partial charge in [-0.15, -0.1) is 0 Å². The first-order valence-corrected chi connectivity index (χ1v) is 11.8. The summed E-state index contributed by atoms with van der Waals surface area (Å²) in [6.45, 7) is 1.52. The summed E-state index contributed by atoms with van der Waals surface area (Å²) in [6, 6.07) is 17.1. The monoisotopic (exact) mass is 439 g/mol. The Morgan fingerprint density at radius 2 is 1.58 bits per heavy atom. The highest BCUT2D eigenvalue weighted by atomic mass is 35.5. The molecule has 2 amide bonds. The number of hydrogen-bond donors (Lipinski definition) is 2. The van der Waals surface area contributed by atoms with Crippen molar-refractivity contribution in [3.63, 3.8) is 0 Å². The van der Waals surface area contributed by atoms with E-state index in [0.29, 0.717) is 24.1 Å². The van der Waals surface area contributed by atoms with Crippen LogP contribution in [0.4, 0.5) is 10.5 Å². The molecule has 5 rings (SSSR count). The number of hydrogen-bond acceptors (Lipinski definition) is 3.